The van der Waals surface area contributed by atoms with Crippen LogP contribution in [0.3, 0.4) is 0 Å². The molecule has 0 radical (unpaired) electrons. The van der Waals surface area contributed by atoms with Crippen LogP contribution in [0.5, 0.6) is 5.75 Å². The summed E-state index contributed by atoms with van der Waals surface area (Å²) >= 11 is 0. The molecule has 2 amide bonds. The second-order valence-electron chi connectivity index (χ2n) is 9.04. The predicted molar refractivity (Wildman–Crippen MR) is 141 cm³/mol. The molecule has 0 aliphatic carbocycles. The minimum atomic E-state index is -0.397. The van der Waals surface area contributed by atoms with E-state index in [9.17, 15) is 9.59 Å². The van der Waals surface area contributed by atoms with Gasteiger partial charge in [0.25, 0.3) is 11.8 Å². The van der Waals surface area contributed by atoms with Crippen molar-refractivity contribution in [3.63, 3.8) is 0 Å². The molecule has 2 aromatic carbocycles. The Morgan fingerprint density at radius 2 is 1.83 bits per heavy atom. The third kappa shape index (κ3) is 6.24. The molecule has 0 aliphatic heterocycles. The van der Waals surface area contributed by atoms with Crippen molar-refractivity contribution >= 4 is 28.8 Å². The summed E-state index contributed by atoms with van der Waals surface area (Å²) in [5.74, 6) is 0.767. The number of aromatic nitrogens is 1. The third-order valence-corrected chi connectivity index (χ3v) is 5.71. The highest BCUT2D eigenvalue weighted by Crippen LogP contribution is 2.22. The van der Waals surface area contributed by atoms with Crippen molar-refractivity contribution < 1.29 is 18.7 Å². The fourth-order valence-electron chi connectivity index (χ4n) is 3.89. The Bertz CT molecular complexity index is 1350. The van der Waals surface area contributed by atoms with Gasteiger partial charge in [0.2, 0.25) is 0 Å². The van der Waals surface area contributed by atoms with Gasteiger partial charge in [-0.25, -0.2) is 0 Å². The van der Waals surface area contributed by atoms with E-state index in [1.165, 1.54) is 12.3 Å². The van der Waals surface area contributed by atoms with Crippen LogP contribution in [0.15, 0.2) is 77.0 Å². The molecule has 3 N–H and O–H groups in total. The van der Waals surface area contributed by atoms with Gasteiger partial charge in [-0.1, -0.05) is 32.0 Å². The van der Waals surface area contributed by atoms with E-state index in [4.69, 9.17) is 9.15 Å². The largest absolute Gasteiger partial charge is 0.493 e. The van der Waals surface area contributed by atoms with Gasteiger partial charge in [0.1, 0.15) is 17.2 Å². The van der Waals surface area contributed by atoms with Crippen LogP contribution in [-0.2, 0) is 11.2 Å². The molecule has 36 heavy (non-hydrogen) atoms. The van der Waals surface area contributed by atoms with Crippen molar-refractivity contribution in [3.8, 4) is 5.75 Å². The summed E-state index contributed by atoms with van der Waals surface area (Å²) in [5.41, 5.74) is 3.82. The molecule has 0 unspecified atom stereocenters. The van der Waals surface area contributed by atoms with Crippen LogP contribution < -0.4 is 15.4 Å². The first-order valence-corrected chi connectivity index (χ1v) is 12.0. The normalized spacial score (nSPS) is 11.6. The number of fused-ring (bicyclic) bond motifs is 1. The van der Waals surface area contributed by atoms with E-state index in [1.54, 1.807) is 36.4 Å². The average Bonchev–Trinajstić information content (AvgIpc) is 3.50. The van der Waals surface area contributed by atoms with Gasteiger partial charge in [0, 0.05) is 34.8 Å². The Morgan fingerprint density at radius 3 is 2.56 bits per heavy atom. The minimum absolute atomic E-state index is 0.103. The summed E-state index contributed by atoms with van der Waals surface area (Å²) in [6.45, 7) is 7.18. The SMILES string of the molecule is Cc1[nH]c2ccccc2c1CCNC(=O)/C(=C/c1ccco1)NC(=O)c1ccc(OCC(C)C)cc1. The second-order valence-corrected chi connectivity index (χ2v) is 9.04. The molecule has 7 heteroatoms. The highest BCUT2D eigenvalue weighted by Gasteiger charge is 2.16. The summed E-state index contributed by atoms with van der Waals surface area (Å²) in [6, 6.07) is 18.4. The second kappa shape index (κ2) is 11.4. The van der Waals surface area contributed by atoms with Gasteiger partial charge in [-0.3, -0.25) is 9.59 Å². The van der Waals surface area contributed by atoms with Gasteiger partial charge in [-0.15, -0.1) is 0 Å². The molecule has 2 aromatic heterocycles. The minimum Gasteiger partial charge on any atom is -0.493 e. The lowest BCUT2D eigenvalue weighted by atomic mass is 10.1. The molecule has 0 spiro atoms. The van der Waals surface area contributed by atoms with E-state index in [0.29, 0.717) is 42.6 Å². The summed E-state index contributed by atoms with van der Waals surface area (Å²) in [7, 11) is 0. The molecule has 7 nitrogen and oxygen atoms in total. The van der Waals surface area contributed by atoms with Crippen LogP contribution in [0.1, 0.15) is 41.2 Å². The maximum Gasteiger partial charge on any atom is 0.267 e. The highest BCUT2D eigenvalue weighted by atomic mass is 16.5. The number of carbonyl (C=O) groups is 2. The molecule has 0 saturated carbocycles. The van der Waals surface area contributed by atoms with Gasteiger partial charge in [-0.05, 0) is 67.3 Å². The Balaban J connectivity index is 1.43. The van der Waals surface area contributed by atoms with Gasteiger partial charge >= 0.3 is 0 Å². The third-order valence-electron chi connectivity index (χ3n) is 5.71. The lowest BCUT2D eigenvalue weighted by molar-refractivity contribution is -0.117. The van der Waals surface area contributed by atoms with Crippen molar-refractivity contribution in [1.29, 1.82) is 0 Å². The lowest BCUT2D eigenvalue weighted by Crippen LogP contribution is -2.35. The highest BCUT2D eigenvalue weighted by molar-refractivity contribution is 6.05. The molecular formula is C29H31N3O4. The van der Waals surface area contributed by atoms with Crippen LogP contribution in [0, 0.1) is 12.8 Å². The molecular weight excluding hydrogens is 454 g/mol. The Hall–Kier alpha value is -4.26. The van der Waals surface area contributed by atoms with E-state index < -0.39 is 11.8 Å². The summed E-state index contributed by atoms with van der Waals surface area (Å²) in [6.07, 6.45) is 3.69. The average molecular weight is 486 g/mol. The molecule has 0 bridgehead atoms. The molecule has 0 saturated heterocycles. The molecule has 0 atom stereocenters. The fraction of sp³-hybridized carbons (Fsp3) is 0.241. The number of para-hydroxylation sites is 1. The first-order valence-electron chi connectivity index (χ1n) is 12.0. The monoisotopic (exact) mass is 485 g/mol. The van der Waals surface area contributed by atoms with E-state index in [-0.39, 0.29) is 5.70 Å². The Kier molecular flexibility index (Phi) is 7.90. The van der Waals surface area contributed by atoms with Crippen molar-refractivity contribution in [2.45, 2.75) is 27.2 Å². The number of carbonyl (C=O) groups excluding carboxylic acids is 2. The number of nitrogens with one attached hydrogen (secondary N) is 3. The number of aryl methyl sites for hydroxylation is 1. The zero-order valence-corrected chi connectivity index (χ0v) is 20.8. The number of hydrogen-bond acceptors (Lipinski definition) is 4. The molecule has 186 valence electrons. The smallest absolute Gasteiger partial charge is 0.267 e. The molecule has 2 heterocycles. The standard InChI is InChI=1S/C29H31N3O4/c1-19(2)18-36-22-12-10-21(11-13-22)28(33)32-27(17-23-7-6-16-35-23)29(34)30-15-14-24-20(3)31-26-9-5-4-8-25(24)26/h4-13,16-17,19,31H,14-15,18H2,1-3H3,(H,30,34)(H,32,33)/b27-17-. The lowest BCUT2D eigenvalue weighted by Gasteiger charge is -2.12. The molecule has 4 rings (SSSR count). The number of benzene rings is 2. The van der Waals surface area contributed by atoms with Crippen molar-refractivity contribution in [3.05, 3.63) is 95.2 Å². The van der Waals surface area contributed by atoms with Gasteiger partial charge in [0.15, 0.2) is 0 Å². The van der Waals surface area contributed by atoms with Gasteiger partial charge < -0.3 is 24.8 Å². The number of amides is 2. The molecule has 0 aliphatic rings. The van der Waals surface area contributed by atoms with Gasteiger partial charge in [0.05, 0.1) is 12.9 Å². The number of H-pyrrole nitrogens is 1. The van der Waals surface area contributed by atoms with E-state index in [1.807, 2.05) is 25.1 Å². The maximum atomic E-state index is 13.1. The number of hydrogen-bond donors (Lipinski definition) is 3. The van der Waals surface area contributed by atoms with Crippen molar-refractivity contribution in [2.75, 3.05) is 13.2 Å². The predicted octanol–water partition coefficient (Wildman–Crippen LogP) is 5.23. The summed E-state index contributed by atoms with van der Waals surface area (Å²) in [5, 5.41) is 6.79. The molecule has 4 aromatic rings. The zero-order valence-electron chi connectivity index (χ0n) is 20.8. The van der Waals surface area contributed by atoms with Crippen LogP contribution in [0.25, 0.3) is 17.0 Å². The van der Waals surface area contributed by atoms with Crippen molar-refractivity contribution in [2.24, 2.45) is 5.92 Å². The van der Waals surface area contributed by atoms with Crippen molar-refractivity contribution in [1.82, 2.24) is 15.6 Å². The van der Waals surface area contributed by atoms with Gasteiger partial charge in [-0.2, -0.15) is 0 Å². The number of aromatic amines is 1. The van der Waals surface area contributed by atoms with E-state index >= 15 is 0 Å². The maximum absolute atomic E-state index is 13.1. The topological polar surface area (TPSA) is 96.4 Å². The summed E-state index contributed by atoms with van der Waals surface area (Å²) < 4.78 is 11.0. The number of furan rings is 1. The first-order chi connectivity index (χ1) is 17.4. The Morgan fingerprint density at radius 1 is 1.06 bits per heavy atom. The first kappa shape index (κ1) is 24.9. The van der Waals surface area contributed by atoms with E-state index in [0.717, 1.165) is 22.2 Å². The van der Waals surface area contributed by atoms with Crippen LogP contribution >= 0.6 is 0 Å². The molecule has 0 fully saturated rings. The quantitative estimate of drug-likeness (QED) is 0.268. The summed E-state index contributed by atoms with van der Waals surface area (Å²) in [4.78, 5) is 29.3. The Labute approximate surface area is 210 Å². The fourth-order valence-corrected chi connectivity index (χ4v) is 3.89. The van der Waals surface area contributed by atoms with E-state index in [2.05, 4.69) is 35.5 Å². The number of ether oxygens (including phenoxy) is 1. The van der Waals surface area contributed by atoms with Crippen LogP contribution in [0.2, 0.25) is 0 Å². The van der Waals surface area contributed by atoms with Crippen LogP contribution in [-0.4, -0.2) is 29.9 Å². The zero-order chi connectivity index (χ0) is 25.5. The number of rotatable bonds is 10. The van der Waals surface area contributed by atoms with Crippen LogP contribution in [0.4, 0.5) is 0 Å².